The van der Waals surface area contributed by atoms with Crippen LogP contribution in [-0.4, -0.2) is 11.5 Å². The molecule has 0 saturated heterocycles. The summed E-state index contributed by atoms with van der Waals surface area (Å²) in [5, 5.41) is 13.6. The van der Waals surface area contributed by atoms with Crippen molar-refractivity contribution in [2.75, 3.05) is 6.54 Å². The second-order valence-electron chi connectivity index (χ2n) is 4.26. The third-order valence-corrected chi connectivity index (χ3v) is 2.79. The first-order valence-electron chi connectivity index (χ1n) is 6.23. The van der Waals surface area contributed by atoms with E-state index in [0.29, 0.717) is 12.3 Å². The van der Waals surface area contributed by atoms with E-state index in [2.05, 4.69) is 17.4 Å². The van der Waals surface area contributed by atoms with Crippen molar-refractivity contribution in [3.63, 3.8) is 0 Å². The Labute approximate surface area is 111 Å². The normalized spacial score (nSPS) is 10.5. The summed E-state index contributed by atoms with van der Waals surface area (Å²) in [6, 6.07) is 13.3. The van der Waals surface area contributed by atoms with Crippen molar-refractivity contribution in [1.29, 1.82) is 0 Å². The van der Waals surface area contributed by atoms with Gasteiger partial charge in [0, 0.05) is 0 Å². The third kappa shape index (κ3) is 4.22. The molecule has 5 nitrogen and oxygen atoms in total. The van der Waals surface area contributed by atoms with Crippen LogP contribution in [0.4, 0.5) is 5.88 Å². The van der Waals surface area contributed by atoms with Gasteiger partial charge in [-0.3, -0.25) is 10.1 Å². The fourth-order valence-corrected chi connectivity index (χ4v) is 1.83. The lowest BCUT2D eigenvalue weighted by Crippen LogP contribution is -2.14. The summed E-state index contributed by atoms with van der Waals surface area (Å²) in [6.07, 6.45) is 2.04. The van der Waals surface area contributed by atoms with E-state index >= 15 is 0 Å². The highest BCUT2D eigenvalue weighted by Gasteiger charge is 2.10. The van der Waals surface area contributed by atoms with Gasteiger partial charge in [0.25, 0.3) is 0 Å². The Kier molecular flexibility index (Phi) is 4.69. The predicted octanol–water partition coefficient (Wildman–Crippen LogP) is 2.91. The van der Waals surface area contributed by atoms with Gasteiger partial charge in [-0.1, -0.05) is 30.3 Å². The molecule has 2 rings (SSSR count). The van der Waals surface area contributed by atoms with Gasteiger partial charge in [0.05, 0.1) is 12.6 Å². The van der Waals surface area contributed by atoms with Crippen LogP contribution in [0, 0.1) is 10.1 Å². The van der Waals surface area contributed by atoms with Gasteiger partial charge in [0.2, 0.25) is 0 Å². The highest BCUT2D eigenvalue weighted by molar-refractivity contribution is 5.17. The van der Waals surface area contributed by atoms with Crippen LogP contribution < -0.4 is 5.32 Å². The van der Waals surface area contributed by atoms with Gasteiger partial charge in [-0.15, -0.1) is 0 Å². The molecule has 1 aromatic carbocycles. The predicted molar refractivity (Wildman–Crippen MR) is 71.8 cm³/mol. The molecule has 0 amide bonds. The molecule has 5 heteroatoms. The molecule has 0 radical (unpaired) electrons. The molecule has 1 aromatic heterocycles. The molecule has 0 fully saturated rings. The minimum atomic E-state index is -0.529. The molecule has 0 atom stereocenters. The van der Waals surface area contributed by atoms with E-state index in [9.17, 15) is 10.1 Å². The molecule has 2 aromatic rings. The lowest BCUT2D eigenvalue weighted by molar-refractivity contribution is -0.402. The van der Waals surface area contributed by atoms with Gasteiger partial charge in [-0.05, 0) is 31.0 Å². The van der Waals surface area contributed by atoms with E-state index in [4.69, 9.17) is 4.42 Å². The molecule has 1 heterocycles. The maximum absolute atomic E-state index is 10.4. The zero-order chi connectivity index (χ0) is 13.5. The first kappa shape index (κ1) is 13.3. The molecule has 0 aliphatic rings. The number of rotatable bonds is 7. The maximum Gasteiger partial charge on any atom is 0.433 e. The van der Waals surface area contributed by atoms with Gasteiger partial charge >= 0.3 is 5.88 Å². The summed E-state index contributed by atoms with van der Waals surface area (Å²) in [6.45, 7) is 1.37. The van der Waals surface area contributed by atoms with Crippen molar-refractivity contribution in [3.8, 4) is 0 Å². The third-order valence-electron chi connectivity index (χ3n) is 2.79. The fraction of sp³-hybridized carbons (Fsp3) is 0.286. The van der Waals surface area contributed by atoms with Crippen molar-refractivity contribution in [2.45, 2.75) is 19.4 Å². The van der Waals surface area contributed by atoms with Gasteiger partial charge < -0.3 is 9.73 Å². The van der Waals surface area contributed by atoms with Gasteiger partial charge in [0.1, 0.15) is 10.7 Å². The molecular formula is C14H16N2O3. The Bertz CT molecular complexity index is 522. The summed E-state index contributed by atoms with van der Waals surface area (Å²) < 4.78 is 5.05. The molecule has 19 heavy (non-hydrogen) atoms. The van der Waals surface area contributed by atoms with Crippen LogP contribution in [0.3, 0.4) is 0 Å². The van der Waals surface area contributed by atoms with Gasteiger partial charge in [-0.2, -0.15) is 0 Å². The smallest absolute Gasteiger partial charge is 0.404 e. The van der Waals surface area contributed by atoms with Crippen LogP contribution >= 0.6 is 0 Å². The molecule has 0 aliphatic heterocycles. The molecular weight excluding hydrogens is 244 g/mol. The Morgan fingerprint density at radius 1 is 1.16 bits per heavy atom. The summed E-state index contributed by atoms with van der Waals surface area (Å²) in [5.74, 6) is 0.382. The first-order chi connectivity index (χ1) is 9.25. The SMILES string of the molecule is O=[N+]([O-])c1ccc(CNCCCc2ccccc2)o1. The van der Waals surface area contributed by atoms with E-state index < -0.39 is 4.92 Å². The van der Waals surface area contributed by atoms with Crippen LogP contribution in [0.2, 0.25) is 0 Å². The molecule has 1 N–H and O–H groups in total. The number of nitrogens with zero attached hydrogens (tertiary/aromatic N) is 1. The lowest BCUT2D eigenvalue weighted by Gasteiger charge is -2.02. The van der Waals surface area contributed by atoms with Gasteiger partial charge in [0.15, 0.2) is 0 Å². The van der Waals surface area contributed by atoms with E-state index in [0.717, 1.165) is 19.4 Å². The Hall–Kier alpha value is -2.14. The first-order valence-corrected chi connectivity index (χ1v) is 6.23. The number of nitrogens with one attached hydrogen (secondary N) is 1. The standard InChI is InChI=1S/C14H16N2O3/c17-16(18)14-9-8-13(19-14)11-15-10-4-7-12-5-2-1-3-6-12/h1-3,5-6,8-9,15H,4,7,10-11H2. The lowest BCUT2D eigenvalue weighted by atomic mass is 10.1. The van der Waals surface area contributed by atoms with Crippen molar-refractivity contribution in [3.05, 3.63) is 63.9 Å². The van der Waals surface area contributed by atoms with Crippen molar-refractivity contribution >= 4 is 5.88 Å². The van der Waals surface area contributed by atoms with E-state index in [-0.39, 0.29) is 5.88 Å². The minimum Gasteiger partial charge on any atom is -0.404 e. The average Bonchev–Trinajstić information content (AvgIpc) is 2.89. The zero-order valence-electron chi connectivity index (χ0n) is 10.5. The van der Waals surface area contributed by atoms with Crippen molar-refractivity contribution in [2.24, 2.45) is 0 Å². The number of hydrogen-bond acceptors (Lipinski definition) is 4. The number of nitro groups is 1. The molecule has 100 valence electrons. The van der Waals surface area contributed by atoms with Crippen LogP contribution in [-0.2, 0) is 13.0 Å². The summed E-state index contributed by atoms with van der Waals surface area (Å²) in [4.78, 5) is 9.91. The monoisotopic (exact) mass is 260 g/mol. The molecule has 0 saturated carbocycles. The zero-order valence-corrected chi connectivity index (χ0v) is 10.5. The topological polar surface area (TPSA) is 68.3 Å². The van der Waals surface area contributed by atoms with E-state index in [1.807, 2.05) is 18.2 Å². The average molecular weight is 260 g/mol. The number of benzene rings is 1. The minimum absolute atomic E-state index is 0.207. The Morgan fingerprint density at radius 2 is 1.95 bits per heavy atom. The van der Waals surface area contributed by atoms with Crippen molar-refractivity contribution < 1.29 is 9.34 Å². The number of aryl methyl sites for hydroxylation is 1. The quantitative estimate of drug-likeness (QED) is 0.472. The molecule has 0 unspecified atom stereocenters. The van der Waals surface area contributed by atoms with Crippen LogP contribution in [0.5, 0.6) is 0 Å². The molecule has 0 spiro atoms. The Morgan fingerprint density at radius 3 is 2.63 bits per heavy atom. The van der Waals surface area contributed by atoms with E-state index in [1.165, 1.54) is 11.6 Å². The second-order valence-corrected chi connectivity index (χ2v) is 4.26. The highest BCUT2D eigenvalue weighted by atomic mass is 16.6. The van der Waals surface area contributed by atoms with Crippen LogP contribution in [0.25, 0.3) is 0 Å². The second kappa shape index (κ2) is 6.70. The van der Waals surface area contributed by atoms with Crippen molar-refractivity contribution in [1.82, 2.24) is 5.32 Å². The van der Waals surface area contributed by atoms with Crippen LogP contribution in [0.1, 0.15) is 17.7 Å². The fourth-order valence-electron chi connectivity index (χ4n) is 1.83. The largest absolute Gasteiger partial charge is 0.433 e. The summed E-state index contributed by atoms with van der Waals surface area (Å²) in [7, 11) is 0. The highest BCUT2D eigenvalue weighted by Crippen LogP contribution is 2.15. The number of hydrogen-bond donors (Lipinski definition) is 1. The van der Waals surface area contributed by atoms with Crippen LogP contribution in [0.15, 0.2) is 46.9 Å². The number of furan rings is 1. The maximum atomic E-state index is 10.4. The summed E-state index contributed by atoms with van der Waals surface area (Å²) >= 11 is 0. The van der Waals surface area contributed by atoms with Gasteiger partial charge in [-0.25, -0.2) is 0 Å². The Balaban J connectivity index is 1.65. The molecule has 0 aliphatic carbocycles. The molecule has 0 bridgehead atoms. The van der Waals surface area contributed by atoms with E-state index in [1.54, 1.807) is 6.07 Å². The summed E-state index contributed by atoms with van der Waals surface area (Å²) in [5.41, 5.74) is 1.32.